The Bertz CT molecular complexity index is 192. The molecule has 0 aromatic carbocycles. The maximum absolute atomic E-state index is 11.7. The van der Waals surface area contributed by atoms with Gasteiger partial charge in [0, 0.05) is 6.42 Å². The Morgan fingerprint density at radius 2 is 1.73 bits per heavy atom. The zero-order valence-electron chi connectivity index (χ0n) is 10.2. The zero-order valence-corrected chi connectivity index (χ0v) is 10.2. The largest absolute Gasteiger partial charge is 0.297 e. The van der Waals surface area contributed by atoms with E-state index < -0.39 is 6.04 Å². The lowest BCUT2D eigenvalue weighted by Gasteiger charge is -2.14. The molecule has 0 aliphatic heterocycles. The molecular weight excluding hydrogens is 190 g/mol. The second kappa shape index (κ2) is 8.57. The first-order valence-corrected chi connectivity index (χ1v) is 6.04. The minimum atomic E-state index is -0.596. The van der Waals surface area contributed by atoms with E-state index in [1.165, 1.54) is 0 Å². The van der Waals surface area contributed by atoms with Crippen LogP contribution in [0.5, 0.6) is 0 Å². The molecule has 0 saturated heterocycles. The second-order valence-electron chi connectivity index (χ2n) is 4.14. The van der Waals surface area contributed by atoms with Gasteiger partial charge in [-0.2, -0.15) is 4.91 Å². The van der Waals surface area contributed by atoms with Gasteiger partial charge in [-0.05, 0) is 12.3 Å². The summed E-state index contributed by atoms with van der Waals surface area (Å²) in [7, 11) is 0. The van der Waals surface area contributed by atoms with Crippen molar-refractivity contribution in [1.82, 2.24) is 0 Å². The van der Waals surface area contributed by atoms with Gasteiger partial charge in [-0.3, -0.25) is 4.79 Å². The fourth-order valence-corrected chi connectivity index (χ4v) is 1.83. The molecule has 2 atom stereocenters. The molecule has 0 aromatic rings. The summed E-state index contributed by atoms with van der Waals surface area (Å²) in [4.78, 5) is 22.2. The number of rotatable bonds is 9. The van der Waals surface area contributed by atoms with Crippen LogP contribution in [0, 0.1) is 10.8 Å². The quantitative estimate of drug-likeness (QED) is 0.548. The minimum Gasteiger partial charge on any atom is -0.297 e. The van der Waals surface area contributed by atoms with Crippen molar-refractivity contribution in [1.29, 1.82) is 0 Å². The van der Waals surface area contributed by atoms with Crippen LogP contribution in [-0.4, -0.2) is 11.8 Å². The number of hydrogen-bond acceptors (Lipinski definition) is 3. The molecule has 0 amide bonds. The Morgan fingerprint density at radius 1 is 1.13 bits per heavy atom. The van der Waals surface area contributed by atoms with Gasteiger partial charge in [-0.1, -0.05) is 51.6 Å². The summed E-state index contributed by atoms with van der Waals surface area (Å²) in [6.45, 7) is 6.18. The average molecular weight is 213 g/mol. The van der Waals surface area contributed by atoms with Crippen LogP contribution in [0.4, 0.5) is 0 Å². The highest BCUT2D eigenvalue weighted by Crippen LogP contribution is 2.18. The molecule has 0 aliphatic carbocycles. The Balaban J connectivity index is 4.11. The molecular formula is C12H23NO2. The summed E-state index contributed by atoms with van der Waals surface area (Å²) >= 11 is 0. The van der Waals surface area contributed by atoms with Gasteiger partial charge in [0.15, 0.2) is 5.78 Å². The SMILES string of the molecule is CCCC(CC)CC(=O)C(CCC)N=O. The molecule has 0 radical (unpaired) electrons. The van der Waals surface area contributed by atoms with Crippen molar-refractivity contribution in [3.05, 3.63) is 4.91 Å². The molecule has 0 spiro atoms. The van der Waals surface area contributed by atoms with E-state index >= 15 is 0 Å². The molecule has 3 nitrogen and oxygen atoms in total. The number of Topliss-reactive ketones (excluding diaryl/α,β-unsaturated/α-hetero) is 1. The van der Waals surface area contributed by atoms with Gasteiger partial charge >= 0.3 is 0 Å². The topological polar surface area (TPSA) is 46.5 Å². The van der Waals surface area contributed by atoms with Crippen LogP contribution in [0.1, 0.15) is 59.3 Å². The van der Waals surface area contributed by atoms with Crippen LogP contribution in [-0.2, 0) is 4.79 Å². The number of ketones is 1. The Labute approximate surface area is 92.6 Å². The van der Waals surface area contributed by atoms with Gasteiger partial charge in [0.05, 0.1) is 0 Å². The molecule has 15 heavy (non-hydrogen) atoms. The predicted molar refractivity (Wildman–Crippen MR) is 62.8 cm³/mol. The van der Waals surface area contributed by atoms with Crippen LogP contribution in [0.2, 0.25) is 0 Å². The van der Waals surface area contributed by atoms with Crippen LogP contribution >= 0.6 is 0 Å². The number of carbonyl (C=O) groups excluding carboxylic acids is 1. The zero-order chi connectivity index (χ0) is 11.7. The summed E-state index contributed by atoms with van der Waals surface area (Å²) in [5, 5.41) is 2.93. The Kier molecular flexibility index (Phi) is 8.15. The summed E-state index contributed by atoms with van der Waals surface area (Å²) in [6.07, 6.45) is 5.15. The fourth-order valence-electron chi connectivity index (χ4n) is 1.83. The van der Waals surface area contributed by atoms with E-state index in [-0.39, 0.29) is 5.78 Å². The lowest BCUT2D eigenvalue weighted by atomic mass is 9.91. The second-order valence-corrected chi connectivity index (χ2v) is 4.14. The number of carbonyl (C=O) groups is 1. The Hall–Kier alpha value is -0.730. The highest BCUT2D eigenvalue weighted by atomic mass is 16.3. The standard InChI is InChI=1S/C12H23NO2/c1-4-7-10(6-3)9-12(14)11(13-15)8-5-2/h10-11H,4-9H2,1-3H3. The van der Waals surface area contributed by atoms with Gasteiger partial charge in [-0.25, -0.2) is 0 Å². The van der Waals surface area contributed by atoms with Crippen molar-refractivity contribution < 1.29 is 4.79 Å². The smallest absolute Gasteiger partial charge is 0.161 e. The molecule has 2 unspecified atom stereocenters. The van der Waals surface area contributed by atoms with Gasteiger partial charge in [-0.15, -0.1) is 0 Å². The first-order chi connectivity index (χ1) is 7.19. The third-order valence-corrected chi connectivity index (χ3v) is 2.83. The number of hydrogen-bond donors (Lipinski definition) is 0. The lowest BCUT2D eigenvalue weighted by Crippen LogP contribution is -2.21. The first-order valence-electron chi connectivity index (χ1n) is 6.04. The maximum Gasteiger partial charge on any atom is 0.161 e. The molecule has 3 heteroatoms. The fraction of sp³-hybridized carbons (Fsp3) is 0.917. The van der Waals surface area contributed by atoms with E-state index in [9.17, 15) is 9.70 Å². The number of nitroso groups, excluding NO2 is 1. The minimum absolute atomic E-state index is 0.0344. The van der Waals surface area contributed by atoms with E-state index in [2.05, 4.69) is 19.0 Å². The summed E-state index contributed by atoms with van der Waals surface area (Å²) in [5.74, 6) is 0.468. The van der Waals surface area contributed by atoms with E-state index in [4.69, 9.17) is 0 Å². The van der Waals surface area contributed by atoms with Crippen LogP contribution < -0.4 is 0 Å². The third kappa shape index (κ3) is 5.65. The monoisotopic (exact) mass is 213 g/mol. The van der Waals surface area contributed by atoms with Crippen LogP contribution in [0.25, 0.3) is 0 Å². The first kappa shape index (κ1) is 14.3. The molecule has 0 rings (SSSR count). The molecule has 0 saturated carbocycles. The highest BCUT2D eigenvalue weighted by Gasteiger charge is 2.20. The molecule has 0 aliphatic rings. The van der Waals surface area contributed by atoms with Crippen molar-refractivity contribution >= 4 is 5.78 Å². The molecule has 0 fully saturated rings. The molecule has 0 bridgehead atoms. The van der Waals surface area contributed by atoms with Crippen LogP contribution in [0.3, 0.4) is 0 Å². The normalized spacial score (nSPS) is 14.6. The van der Waals surface area contributed by atoms with E-state index in [1.54, 1.807) is 0 Å². The molecule has 88 valence electrons. The summed E-state index contributed by atoms with van der Waals surface area (Å²) in [5.41, 5.74) is 0. The van der Waals surface area contributed by atoms with Gasteiger partial charge < -0.3 is 0 Å². The Morgan fingerprint density at radius 3 is 2.13 bits per heavy atom. The molecule has 0 heterocycles. The van der Waals surface area contributed by atoms with Crippen molar-refractivity contribution in [3.63, 3.8) is 0 Å². The number of nitrogens with zero attached hydrogens (tertiary/aromatic N) is 1. The van der Waals surface area contributed by atoms with E-state index in [1.807, 2.05) is 6.92 Å². The average Bonchev–Trinajstić information content (AvgIpc) is 2.24. The molecule has 0 N–H and O–H groups in total. The van der Waals surface area contributed by atoms with Crippen molar-refractivity contribution in [2.24, 2.45) is 11.1 Å². The predicted octanol–water partition coefficient (Wildman–Crippen LogP) is 3.71. The van der Waals surface area contributed by atoms with E-state index in [0.29, 0.717) is 18.8 Å². The van der Waals surface area contributed by atoms with Gasteiger partial charge in [0.1, 0.15) is 6.04 Å². The maximum atomic E-state index is 11.7. The van der Waals surface area contributed by atoms with Crippen LogP contribution in [0.15, 0.2) is 5.18 Å². The summed E-state index contributed by atoms with van der Waals surface area (Å²) in [6, 6.07) is -0.596. The third-order valence-electron chi connectivity index (χ3n) is 2.83. The lowest BCUT2D eigenvalue weighted by molar-refractivity contribution is -0.121. The van der Waals surface area contributed by atoms with E-state index in [0.717, 1.165) is 25.7 Å². The van der Waals surface area contributed by atoms with Gasteiger partial charge in [0.2, 0.25) is 0 Å². The van der Waals surface area contributed by atoms with Crippen molar-refractivity contribution in [2.75, 3.05) is 0 Å². The molecule has 0 aromatic heterocycles. The van der Waals surface area contributed by atoms with Crippen molar-refractivity contribution in [2.45, 2.75) is 65.3 Å². The summed E-state index contributed by atoms with van der Waals surface area (Å²) < 4.78 is 0. The van der Waals surface area contributed by atoms with Gasteiger partial charge in [0.25, 0.3) is 0 Å². The highest BCUT2D eigenvalue weighted by molar-refractivity contribution is 5.84. The van der Waals surface area contributed by atoms with Crippen molar-refractivity contribution in [3.8, 4) is 0 Å².